The third kappa shape index (κ3) is 2.57. The predicted octanol–water partition coefficient (Wildman–Crippen LogP) is 5.15. The van der Waals surface area contributed by atoms with Crippen molar-refractivity contribution < 1.29 is 4.79 Å². The first-order valence-corrected chi connectivity index (χ1v) is 10.2. The molecule has 1 aromatic heterocycles. The molecule has 27 heavy (non-hydrogen) atoms. The minimum absolute atomic E-state index is 0.00959. The summed E-state index contributed by atoms with van der Waals surface area (Å²) in [5.41, 5.74) is 6.91. The number of ketones is 1. The van der Waals surface area contributed by atoms with E-state index in [0.29, 0.717) is 12.2 Å². The molecule has 1 aliphatic heterocycles. The number of aromatic amines is 1. The Morgan fingerprint density at radius 3 is 2.63 bits per heavy atom. The number of benzene rings is 1. The number of rotatable bonds is 1. The first-order valence-electron chi connectivity index (χ1n) is 10.2. The summed E-state index contributed by atoms with van der Waals surface area (Å²) in [4.78, 5) is 13.5. The molecule has 5 rings (SSSR count). The molecule has 0 amide bonds. The van der Waals surface area contributed by atoms with Gasteiger partial charge in [-0.1, -0.05) is 43.5 Å². The summed E-state index contributed by atoms with van der Waals surface area (Å²) < 4.78 is 0. The second-order valence-electron chi connectivity index (χ2n) is 8.76. The number of hydrogen-bond acceptors (Lipinski definition) is 3. The number of carbonyl (C=O) groups excluding carboxylic acids is 1. The average Bonchev–Trinajstić information content (AvgIpc) is 3.02. The summed E-state index contributed by atoms with van der Waals surface area (Å²) >= 11 is 0. The van der Waals surface area contributed by atoms with Crippen molar-refractivity contribution in [3.63, 3.8) is 0 Å². The summed E-state index contributed by atoms with van der Waals surface area (Å²) in [5, 5.41) is 11.2. The molecule has 0 saturated heterocycles. The minimum Gasteiger partial charge on any atom is -0.342 e. The third-order valence-corrected chi connectivity index (χ3v) is 6.97. The fourth-order valence-electron chi connectivity index (χ4n) is 5.63. The highest BCUT2D eigenvalue weighted by molar-refractivity contribution is 6.01. The van der Waals surface area contributed by atoms with Crippen LogP contribution in [0.15, 0.2) is 35.5 Å². The number of Topliss-reactive ketones (excluding diaryl/α,β-unsaturated/α-hetero) is 1. The van der Waals surface area contributed by atoms with Gasteiger partial charge in [0.25, 0.3) is 0 Å². The van der Waals surface area contributed by atoms with Crippen molar-refractivity contribution in [3.05, 3.63) is 57.9 Å². The Balaban J connectivity index is 1.67. The molecule has 2 aromatic rings. The van der Waals surface area contributed by atoms with Gasteiger partial charge < -0.3 is 5.32 Å². The van der Waals surface area contributed by atoms with Gasteiger partial charge in [-0.25, -0.2) is 0 Å². The number of nitrogens with zero attached hydrogens (tertiary/aromatic N) is 1. The van der Waals surface area contributed by atoms with Crippen molar-refractivity contribution in [2.24, 2.45) is 5.41 Å². The molecule has 1 unspecified atom stereocenters. The lowest BCUT2D eigenvalue weighted by atomic mass is 9.62. The second-order valence-corrected chi connectivity index (χ2v) is 8.76. The lowest BCUT2D eigenvalue weighted by Crippen LogP contribution is -2.38. The Morgan fingerprint density at radius 1 is 1.07 bits per heavy atom. The number of carbonyl (C=O) groups is 1. The largest absolute Gasteiger partial charge is 0.342 e. The van der Waals surface area contributed by atoms with E-state index in [0.717, 1.165) is 34.8 Å². The van der Waals surface area contributed by atoms with Gasteiger partial charge in [-0.15, -0.1) is 0 Å². The van der Waals surface area contributed by atoms with Crippen molar-refractivity contribution in [2.45, 2.75) is 64.7 Å². The Hall–Kier alpha value is -2.36. The highest BCUT2D eigenvalue weighted by atomic mass is 16.1. The Bertz CT molecular complexity index is 946. The standard InChI is InChI=1S/C23H27N3O/c1-14-8-4-5-9-16(14)20-19-15(2)25-26-22(19)24-17-12-23(10-6-3-7-11-23)13-18(27)21(17)20/h4-5,8-9,20H,3,6-7,10-13H2,1-2H3,(H2,24,25,26). The van der Waals surface area contributed by atoms with Gasteiger partial charge in [-0.2, -0.15) is 5.10 Å². The number of allylic oxidation sites excluding steroid dienone is 2. The summed E-state index contributed by atoms with van der Waals surface area (Å²) in [6.07, 6.45) is 7.87. The summed E-state index contributed by atoms with van der Waals surface area (Å²) in [5.74, 6) is 1.23. The Labute approximate surface area is 160 Å². The fourth-order valence-corrected chi connectivity index (χ4v) is 5.63. The van der Waals surface area contributed by atoms with E-state index in [9.17, 15) is 4.79 Å². The number of anilines is 1. The van der Waals surface area contributed by atoms with Crippen LogP contribution in [0.3, 0.4) is 0 Å². The molecule has 2 heterocycles. The zero-order valence-electron chi connectivity index (χ0n) is 16.2. The maximum absolute atomic E-state index is 13.5. The molecule has 1 atom stereocenters. The maximum atomic E-state index is 13.5. The minimum atomic E-state index is -0.00959. The smallest absolute Gasteiger partial charge is 0.162 e. The zero-order chi connectivity index (χ0) is 18.6. The van der Waals surface area contributed by atoms with Crippen LogP contribution in [0.2, 0.25) is 0 Å². The van der Waals surface area contributed by atoms with Crippen LogP contribution in [0.5, 0.6) is 0 Å². The highest BCUT2D eigenvalue weighted by Gasteiger charge is 2.46. The van der Waals surface area contributed by atoms with Crippen LogP contribution in [-0.2, 0) is 4.79 Å². The van der Waals surface area contributed by atoms with Gasteiger partial charge in [-0.05, 0) is 49.7 Å². The number of hydrogen-bond donors (Lipinski definition) is 2. The number of nitrogens with one attached hydrogen (secondary N) is 2. The molecule has 4 heteroatoms. The number of H-pyrrole nitrogens is 1. The molecule has 2 aliphatic carbocycles. The molecule has 4 nitrogen and oxygen atoms in total. The molecular formula is C23H27N3O. The van der Waals surface area contributed by atoms with Crippen molar-refractivity contribution in [1.29, 1.82) is 0 Å². The van der Waals surface area contributed by atoms with Gasteiger partial charge in [0.2, 0.25) is 0 Å². The first kappa shape index (κ1) is 16.8. The SMILES string of the molecule is Cc1ccccc1C1C2=C(CC3(CCCCC3)CC2=O)Nc2n[nH]c(C)c21. The topological polar surface area (TPSA) is 57.8 Å². The van der Waals surface area contributed by atoms with Crippen LogP contribution in [0, 0.1) is 19.3 Å². The highest BCUT2D eigenvalue weighted by Crippen LogP contribution is 2.53. The summed E-state index contributed by atoms with van der Waals surface area (Å²) in [6.45, 7) is 4.20. The van der Waals surface area contributed by atoms with Crippen molar-refractivity contribution >= 4 is 11.6 Å². The lowest BCUT2D eigenvalue weighted by Gasteiger charge is -2.44. The maximum Gasteiger partial charge on any atom is 0.162 e. The van der Waals surface area contributed by atoms with Gasteiger partial charge in [0.1, 0.15) is 0 Å². The van der Waals surface area contributed by atoms with E-state index in [1.807, 2.05) is 0 Å². The van der Waals surface area contributed by atoms with E-state index in [2.05, 4.69) is 53.6 Å². The van der Waals surface area contributed by atoms with E-state index in [-0.39, 0.29) is 11.3 Å². The lowest BCUT2D eigenvalue weighted by molar-refractivity contribution is -0.119. The molecule has 2 N–H and O–H groups in total. The molecule has 1 spiro atoms. The average molecular weight is 361 g/mol. The fraction of sp³-hybridized carbons (Fsp3) is 0.478. The predicted molar refractivity (Wildman–Crippen MR) is 107 cm³/mol. The van der Waals surface area contributed by atoms with Crippen LogP contribution in [0.1, 0.15) is 73.2 Å². The van der Waals surface area contributed by atoms with Crippen LogP contribution in [-0.4, -0.2) is 16.0 Å². The summed E-state index contributed by atoms with van der Waals surface area (Å²) in [7, 11) is 0. The van der Waals surface area contributed by atoms with Crippen LogP contribution in [0.25, 0.3) is 0 Å². The monoisotopic (exact) mass is 361 g/mol. The number of aromatic nitrogens is 2. The van der Waals surface area contributed by atoms with Gasteiger partial charge in [0.05, 0.1) is 0 Å². The molecule has 0 radical (unpaired) electrons. The van der Waals surface area contributed by atoms with Gasteiger partial charge in [0.15, 0.2) is 11.6 Å². The van der Waals surface area contributed by atoms with Crippen molar-refractivity contribution in [3.8, 4) is 0 Å². The van der Waals surface area contributed by atoms with E-state index >= 15 is 0 Å². The molecule has 1 aromatic carbocycles. The zero-order valence-corrected chi connectivity index (χ0v) is 16.2. The van der Waals surface area contributed by atoms with Crippen LogP contribution >= 0.6 is 0 Å². The Morgan fingerprint density at radius 2 is 1.85 bits per heavy atom. The quantitative estimate of drug-likeness (QED) is 0.738. The van der Waals surface area contributed by atoms with Crippen LogP contribution in [0.4, 0.5) is 5.82 Å². The number of fused-ring (bicyclic) bond motifs is 1. The second kappa shape index (κ2) is 6.08. The molecule has 3 aliphatic rings. The molecule has 1 fully saturated rings. The van der Waals surface area contributed by atoms with E-state index in [1.165, 1.54) is 43.2 Å². The van der Waals surface area contributed by atoms with Crippen LogP contribution < -0.4 is 5.32 Å². The Kier molecular flexibility index (Phi) is 3.78. The molecule has 0 bridgehead atoms. The third-order valence-electron chi connectivity index (χ3n) is 6.97. The number of aryl methyl sites for hydroxylation is 2. The first-order chi connectivity index (χ1) is 13.1. The van der Waals surface area contributed by atoms with Gasteiger partial charge in [-0.3, -0.25) is 9.89 Å². The van der Waals surface area contributed by atoms with E-state index < -0.39 is 0 Å². The van der Waals surface area contributed by atoms with Gasteiger partial charge in [0, 0.05) is 34.9 Å². The molecule has 1 saturated carbocycles. The summed E-state index contributed by atoms with van der Waals surface area (Å²) in [6, 6.07) is 8.46. The van der Waals surface area contributed by atoms with E-state index in [4.69, 9.17) is 0 Å². The van der Waals surface area contributed by atoms with E-state index in [1.54, 1.807) is 0 Å². The van der Waals surface area contributed by atoms with Crippen molar-refractivity contribution in [2.75, 3.05) is 5.32 Å². The van der Waals surface area contributed by atoms with Gasteiger partial charge >= 0.3 is 0 Å². The van der Waals surface area contributed by atoms with Crippen molar-refractivity contribution in [1.82, 2.24) is 10.2 Å². The molecule has 140 valence electrons. The normalized spacial score (nSPS) is 23.8. The molecular weight excluding hydrogens is 334 g/mol.